The minimum atomic E-state index is -0.395. The van der Waals surface area contributed by atoms with E-state index >= 15 is 0 Å². The summed E-state index contributed by atoms with van der Waals surface area (Å²) in [5.74, 6) is 0.822. The second-order valence-electron chi connectivity index (χ2n) is 7.26. The standard InChI is InChI=1S/C22H24N2O3/c1-16-21(25)23-13-5-6-19(23)14-24(16)22(26)18-11-9-17(10-12-18)15-27-20-7-3-2-4-8-20/h2-4,7-12,16,19H,5-6,13-15H2,1H3/t16-,19+/m0/s1. The zero-order valence-electron chi connectivity index (χ0n) is 15.5. The van der Waals surface area contributed by atoms with E-state index in [1.807, 2.05) is 66.4 Å². The number of para-hydroxylation sites is 1. The number of amides is 2. The third kappa shape index (κ3) is 3.54. The summed E-state index contributed by atoms with van der Waals surface area (Å²) in [6.45, 7) is 3.74. The molecule has 0 bridgehead atoms. The van der Waals surface area contributed by atoms with Gasteiger partial charge in [0.25, 0.3) is 5.91 Å². The topological polar surface area (TPSA) is 49.9 Å². The van der Waals surface area contributed by atoms with Gasteiger partial charge in [-0.25, -0.2) is 0 Å². The van der Waals surface area contributed by atoms with E-state index in [-0.39, 0.29) is 17.9 Å². The van der Waals surface area contributed by atoms with Crippen molar-refractivity contribution in [1.82, 2.24) is 9.80 Å². The van der Waals surface area contributed by atoms with Crippen molar-refractivity contribution in [2.24, 2.45) is 0 Å². The van der Waals surface area contributed by atoms with Crippen LogP contribution in [0, 0.1) is 0 Å². The Morgan fingerprint density at radius 3 is 2.59 bits per heavy atom. The molecule has 4 rings (SSSR count). The van der Waals surface area contributed by atoms with E-state index in [1.165, 1.54) is 0 Å². The molecule has 140 valence electrons. The van der Waals surface area contributed by atoms with Crippen LogP contribution < -0.4 is 4.74 Å². The minimum Gasteiger partial charge on any atom is -0.489 e. The molecule has 27 heavy (non-hydrogen) atoms. The minimum absolute atomic E-state index is 0.0714. The van der Waals surface area contributed by atoms with Crippen molar-refractivity contribution in [3.63, 3.8) is 0 Å². The predicted octanol–water partition coefficient (Wildman–Crippen LogP) is 3.10. The highest BCUT2D eigenvalue weighted by Crippen LogP contribution is 2.27. The van der Waals surface area contributed by atoms with E-state index in [0.717, 1.165) is 30.7 Å². The lowest BCUT2D eigenvalue weighted by atomic mass is 10.0. The van der Waals surface area contributed by atoms with Crippen molar-refractivity contribution in [1.29, 1.82) is 0 Å². The number of carbonyl (C=O) groups excluding carboxylic acids is 2. The van der Waals surface area contributed by atoms with Gasteiger partial charge in [0, 0.05) is 24.7 Å². The van der Waals surface area contributed by atoms with Gasteiger partial charge in [0.05, 0.1) is 0 Å². The highest BCUT2D eigenvalue weighted by molar-refractivity contribution is 5.98. The maximum atomic E-state index is 13.0. The van der Waals surface area contributed by atoms with Crippen LogP contribution >= 0.6 is 0 Å². The van der Waals surface area contributed by atoms with Crippen LogP contribution in [0.4, 0.5) is 0 Å². The zero-order chi connectivity index (χ0) is 18.8. The summed E-state index contributed by atoms with van der Waals surface area (Å²) >= 11 is 0. The average Bonchev–Trinajstić information content (AvgIpc) is 3.19. The molecule has 0 aliphatic carbocycles. The molecule has 2 fully saturated rings. The fourth-order valence-electron chi connectivity index (χ4n) is 3.93. The Hall–Kier alpha value is -2.82. The van der Waals surface area contributed by atoms with Crippen molar-refractivity contribution in [3.05, 3.63) is 65.7 Å². The monoisotopic (exact) mass is 364 g/mol. The number of rotatable bonds is 4. The molecule has 5 nitrogen and oxygen atoms in total. The quantitative estimate of drug-likeness (QED) is 0.838. The van der Waals surface area contributed by atoms with Crippen molar-refractivity contribution in [3.8, 4) is 5.75 Å². The number of piperazine rings is 1. The van der Waals surface area contributed by atoms with Crippen LogP contribution in [0.1, 0.15) is 35.7 Å². The highest BCUT2D eigenvalue weighted by atomic mass is 16.5. The Morgan fingerprint density at radius 2 is 1.85 bits per heavy atom. The summed E-state index contributed by atoms with van der Waals surface area (Å²) in [7, 11) is 0. The first-order chi connectivity index (χ1) is 13.1. The summed E-state index contributed by atoms with van der Waals surface area (Å²) in [5.41, 5.74) is 1.62. The number of hydrogen-bond donors (Lipinski definition) is 0. The smallest absolute Gasteiger partial charge is 0.254 e. The summed E-state index contributed by atoms with van der Waals surface area (Å²) in [4.78, 5) is 29.2. The zero-order valence-corrected chi connectivity index (χ0v) is 15.5. The Kier molecular flexibility index (Phi) is 4.84. The first-order valence-corrected chi connectivity index (χ1v) is 9.52. The maximum Gasteiger partial charge on any atom is 0.254 e. The molecule has 2 aliphatic heterocycles. The normalized spacial score (nSPS) is 21.9. The second-order valence-corrected chi connectivity index (χ2v) is 7.26. The van der Waals surface area contributed by atoms with Gasteiger partial charge in [0.1, 0.15) is 18.4 Å². The molecule has 2 heterocycles. The van der Waals surface area contributed by atoms with Crippen molar-refractivity contribution in [2.45, 2.75) is 38.5 Å². The van der Waals surface area contributed by atoms with Crippen LogP contribution in [-0.2, 0) is 11.4 Å². The van der Waals surface area contributed by atoms with E-state index in [1.54, 1.807) is 4.90 Å². The molecule has 2 aromatic carbocycles. The van der Waals surface area contributed by atoms with Gasteiger partial charge in [0.2, 0.25) is 5.91 Å². The lowest BCUT2D eigenvalue weighted by Crippen LogP contribution is -2.60. The summed E-state index contributed by atoms with van der Waals surface area (Å²) in [5, 5.41) is 0. The highest BCUT2D eigenvalue weighted by Gasteiger charge is 2.42. The molecule has 2 amide bonds. The largest absolute Gasteiger partial charge is 0.489 e. The molecular weight excluding hydrogens is 340 g/mol. The number of carbonyl (C=O) groups is 2. The van der Waals surface area contributed by atoms with Gasteiger partial charge < -0.3 is 14.5 Å². The molecule has 2 aliphatic rings. The average molecular weight is 364 g/mol. The molecule has 0 aromatic heterocycles. The van der Waals surface area contributed by atoms with Crippen molar-refractivity contribution < 1.29 is 14.3 Å². The van der Waals surface area contributed by atoms with Crippen LogP contribution in [0.15, 0.2) is 54.6 Å². The lowest BCUT2D eigenvalue weighted by Gasteiger charge is -2.41. The Labute approximate surface area is 159 Å². The van der Waals surface area contributed by atoms with Gasteiger partial charge in [-0.1, -0.05) is 30.3 Å². The summed E-state index contributed by atoms with van der Waals surface area (Å²) in [6.07, 6.45) is 2.01. The second kappa shape index (κ2) is 7.43. The predicted molar refractivity (Wildman–Crippen MR) is 102 cm³/mol. The number of fused-ring (bicyclic) bond motifs is 1. The number of ether oxygens (including phenoxy) is 1. The molecule has 0 unspecified atom stereocenters. The number of benzene rings is 2. The first-order valence-electron chi connectivity index (χ1n) is 9.52. The van der Waals surface area contributed by atoms with Crippen LogP contribution in [0.25, 0.3) is 0 Å². The van der Waals surface area contributed by atoms with Gasteiger partial charge in [0.15, 0.2) is 0 Å². The van der Waals surface area contributed by atoms with Crippen molar-refractivity contribution >= 4 is 11.8 Å². The molecule has 5 heteroatoms. The molecule has 0 radical (unpaired) electrons. The number of nitrogens with zero attached hydrogens (tertiary/aromatic N) is 2. The van der Waals surface area contributed by atoms with E-state index in [0.29, 0.717) is 18.7 Å². The van der Waals surface area contributed by atoms with Gasteiger partial charge in [-0.3, -0.25) is 9.59 Å². The molecule has 0 spiro atoms. The van der Waals surface area contributed by atoms with E-state index < -0.39 is 6.04 Å². The maximum absolute atomic E-state index is 13.0. The third-order valence-corrected chi connectivity index (χ3v) is 5.50. The fraction of sp³-hybridized carbons (Fsp3) is 0.364. The summed E-state index contributed by atoms with van der Waals surface area (Å²) < 4.78 is 5.74. The van der Waals surface area contributed by atoms with Gasteiger partial charge in [-0.05, 0) is 49.6 Å². The van der Waals surface area contributed by atoms with Gasteiger partial charge >= 0.3 is 0 Å². The fourth-order valence-corrected chi connectivity index (χ4v) is 3.93. The van der Waals surface area contributed by atoms with E-state index in [4.69, 9.17) is 4.74 Å². The molecule has 2 atom stereocenters. The van der Waals surface area contributed by atoms with Gasteiger partial charge in [-0.2, -0.15) is 0 Å². The Morgan fingerprint density at radius 1 is 1.11 bits per heavy atom. The SMILES string of the molecule is C[C@H]1C(=O)N2CCC[C@@H]2CN1C(=O)c1ccc(COc2ccccc2)cc1. The Bertz CT molecular complexity index is 819. The first kappa shape index (κ1) is 17.6. The van der Waals surface area contributed by atoms with Crippen molar-refractivity contribution in [2.75, 3.05) is 13.1 Å². The van der Waals surface area contributed by atoms with E-state index in [9.17, 15) is 9.59 Å². The lowest BCUT2D eigenvalue weighted by molar-refractivity contribution is -0.141. The summed E-state index contributed by atoms with van der Waals surface area (Å²) in [6, 6.07) is 16.9. The van der Waals surface area contributed by atoms with Crippen LogP contribution in [0.2, 0.25) is 0 Å². The number of hydrogen-bond acceptors (Lipinski definition) is 3. The molecule has 2 saturated heterocycles. The molecule has 2 aromatic rings. The molecule has 0 saturated carbocycles. The van der Waals surface area contributed by atoms with Crippen LogP contribution in [0.5, 0.6) is 5.75 Å². The molecular formula is C22H24N2O3. The Balaban J connectivity index is 1.42. The van der Waals surface area contributed by atoms with Gasteiger partial charge in [-0.15, -0.1) is 0 Å². The third-order valence-electron chi connectivity index (χ3n) is 5.50. The van der Waals surface area contributed by atoms with Crippen LogP contribution in [-0.4, -0.2) is 46.8 Å². The van der Waals surface area contributed by atoms with Crippen LogP contribution in [0.3, 0.4) is 0 Å². The molecule has 0 N–H and O–H groups in total. The van der Waals surface area contributed by atoms with E-state index in [2.05, 4.69) is 0 Å².